The Kier molecular flexibility index (Phi) is 3.59. The van der Waals surface area contributed by atoms with Crippen LogP contribution in [0.25, 0.3) is 0 Å². The van der Waals surface area contributed by atoms with Gasteiger partial charge in [0.1, 0.15) is 0 Å². The highest BCUT2D eigenvalue weighted by atomic mass is 32.1. The van der Waals surface area contributed by atoms with Crippen molar-refractivity contribution in [3.8, 4) is 0 Å². The summed E-state index contributed by atoms with van der Waals surface area (Å²) in [5.41, 5.74) is 0.987. The van der Waals surface area contributed by atoms with E-state index < -0.39 is 0 Å². The number of nitrogens with zero attached hydrogens (tertiary/aromatic N) is 1. The fourth-order valence-electron chi connectivity index (χ4n) is 1.66. The smallest absolute Gasteiger partial charge is 0.223 e. The summed E-state index contributed by atoms with van der Waals surface area (Å²) >= 11 is 1.68. The van der Waals surface area contributed by atoms with Crippen LogP contribution in [-0.2, 0) is 11.3 Å². The van der Waals surface area contributed by atoms with Crippen LogP contribution in [0.5, 0.6) is 0 Å². The molecule has 1 amide bonds. The SMILES string of the molecule is CC(C)c1nc(CNC(=O)C2CCC2)cs1. The molecule has 1 saturated carbocycles. The predicted octanol–water partition coefficient (Wildman–Crippen LogP) is 2.68. The van der Waals surface area contributed by atoms with Crippen LogP contribution in [-0.4, -0.2) is 10.9 Å². The Morgan fingerprint density at radius 1 is 1.62 bits per heavy atom. The molecule has 1 aliphatic rings. The fourth-order valence-corrected chi connectivity index (χ4v) is 2.50. The van der Waals surface area contributed by atoms with Gasteiger partial charge in [-0.25, -0.2) is 4.98 Å². The van der Waals surface area contributed by atoms with Gasteiger partial charge < -0.3 is 5.32 Å². The second-order valence-electron chi connectivity index (χ2n) is 4.68. The lowest BCUT2D eigenvalue weighted by Gasteiger charge is -2.23. The molecule has 2 rings (SSSR count). The minimum atomic E-state index is 0.199. The second-order valence-corrected chi connectivity index (χ2v) is 5.57. The predicted molar refractivity (Wildman–Crippen MR) is 65.4 cm³/mol. The number of carbonyl (C=O) groups is 1. The molecule has 0 unspecified atom stereocenters. The quantitative estimate of drug-likeness (QED) is 0.876. The zero-order chi connectivity index (χ0) is 11.5. The molecule has 0 aromatic carbocycles. The molecule has 1 heterocycles. The molecule has 1 fully saturated rings. The van der Waals surface area contributed by atoms with Crippen LogP contribution in [0.15, 0.2) is 5.38 Å². The van der Waals surface area contributed by atoms with Crippen molar-refractivity contribution in [2.75, 3.05) is 0 Å². The summed E-state index contributed by atoms with van der Waals surface area (Å²) in [6.45, 7) is 4.85. The van der Waals surface area contributed by atoms with Crippen LogP contribution in [0.3, 0.4) is 0 Å². The van der Waals surface area contributed by atoms with Gasteiger partial charge in [-0.3, -0.25) is 4.79 Å². The van der Waals surface area contributed by atoms with Crippen molar-refractivity contribution >= 4 is 17.2 Å². The Hall–Kier alpha value is -0.900. The number of hydrogen-bond acceptors (Lipinski definition) is 3. The van der Waals surface area contributed by atoms with Crippen molar-refractivity contribution in [1.82, 2.24) is 10.3 Å². The Bertz CT molecular complexity index is 369. The molecule has 0 saturated heterocycles. The van der Waals surface area contributed by atoms with Gasteiger partial charge in [-0.05, 0) is 12.8 Å². The van der Waals surface area contributed by atoms with Gasteiger partial charge in [-0.2, -0.15) is 0 Å². The van der Waals surface area contributed by atoms with E-state index in [1.165, 1.54) is 6.42 Å². The van der Waals surface area contributed by atoms with Crippen molar-refractivity contribution in [3.63, 3.8) is 0 Å². The van der Waals surface area contributed by atoms with E-state index >= 15 is 0 Å². The van der Waals surface area contributed by atoms with Crippen molar-refractivity contribution < 1.29 is 4.79 Å². The lowest BCUT2D eigenvalue weighted by molar-refractivity contribution is -0.127. The standard InChI is InChI=1S/C12H18N2OS/c1-8(2)12-14-10(7-16-12)6-13-11(15)9-4-3-5-9/h7-9H,3-6H2,1-2H3,(H,13,15). The summed E-state index contributed by atoms with van der Waals surface area (Å²) in [6.07, 6.45) is 3.31. The third-order valence-corrected chi connectivity index (χ3v) is 4.18. The molecule has 3 nitrogen and oxygen atoms in total. The van der Waals surface area contributed by atoms with Gasteiger partial charge in [0.2, 0.25) is 5.91 Å². The van der Waals surface area contributed by atoms with Crippen LogP contribution < -0.4 is 5.32 Å². The summed E-state index contributed by atoms with van der Waals surface area (Å²) in [7, 11) is 0. The molecule has 1 aliphatic carbocycles. The monoisotopic (exact) mass is 238 g/mol. The Labute approximate surface area is 100 Å². The lowest BCUT2D eigenvalue weighted by Crippen LogP contribution is -2.34. The first kappa shape index (κ1) is 11.6. The molecule has 0 aliphatic heterocycles. The molecule has 1 aromatic heterocycles. The number of rotatable bonds is 4. The highest BCUT2D eigenvalue weighted by Crippen LogP contribution is 2.26. The second kappa shape index (κ2) is 4.95. The van der Waals surface area contributed by atoms with Crippen LogP contribution >= 0.6 is 11.3 Å². The maximum absolute atomic E-state index is 11.6. The van der Waals surface area contributed by atoms with Gasteiger partial charge in [0.15, 0.2) is 0 Å². The highest BCUT2D eigenvalue weighted by Gasteiger charge is 2.24. The molecule has 0 bridgehead atoms. The minimum Gasteiger partial charge on any atom is -0.350 e. The van der Waals surface area contributed by atoms with Crippen LogP contribution in [0.4, 0.5) is 0 Å². The first-order valence-corrected chi connectivity index (χ1v) is 6.77. The molecule has 4 heteroatoms. The lowest BCUT2D eigenvalue weighted by atomic mass is 9.85. The van der Waals surface area contributed by atoms with Gasteiger partial charge in [0.05, 0.1) is 17.2 Å². The Balaban J connectivity index is 1.82. The van der Waals surface area contributed by atoms with E-state index in [1.807, 2.05) is 5.38 Å². The van der Waals surface area contributed by atoms with Gasteiger partial charge in [0, 0.05) is 17.2 Å². The van der Waals surface area contributed by atoms with E-state index in [4.69, 9.17) is 0 Å². The molecule has 16 heavy (non-hydrogen) atoms. The number of thiazole rings is 1. The molecular weight excluding hydrogens is 220 g/mol. The molecule has 0 atom stereocenters. The van der Waals surface area contributed by atoms with Crippen molar-refractivity contribution in [1.29, 1.82) is 0 Å². The maximum atomic E-state index is 11.6. The van der Waals surface area contributed by atoms with Gasteiger partial charge in [-0.1, -0.05) is 20.3 Å². The molecule has 1 N–H and O–H groups in total. The van der Waals surface area contributed by atoms with Gasteiger partial charge >= 0.3 is 0 Å². The third kappa shape index (κ3) is 2.61. The van der Waals surface area contributed by atoms with Gasteiger partial charge in [0.25, 0.3) is 0 Å². The van der Waals surface area contributed by atoms with E-state index in [0.29, 0.717) is 12.5 Å². The highest BCUT2D eigenvalue weighted by molar-refractivity contribution is 7.09. The average Bonchev–Trinajstić information content (AvgIpc) is 2.60. The summed E-state index contributed by atoms with van der Waals surface area (Å²) in [5, 5.41) is 6.14. The normalized spacial score (nSPS) is 16.2. The zero-order valence-electron chi connectivity index (χ0n) is 9.82. The summed E-state index contributed by atoms with van der Waals surface area (Å²) in [4.78, 5) is 16.1. The summed E-state index contributed by atoms with van der Waals surface area (Å²) in [5.74, 6) is 0.939. The van der Waals surface area contributed by atoms with Crippen LogP contribution in [0, 0.1) is 5.92 Å². The number of aromatic nitrogens is 1. The number of carbonyl (C=O) groups excluding carboxylic acids is 1. The molecule has 1 aromatic rings. The molecular formula is C12H18N2OS. The Morgan fingerprint density at radius 2 is 2.38 bits per heavy atom. The molecule has 88 valence electrons. The minimum absolute atomic E-state index is 0.199. The number of amides is 1. The van der Waals surface area contributed by atoms with E-state index in [9.17, 15) is 4.79 Å². The summed E-state index contributed by atoms with van der Waals surface area (Å²) < 4.78 is 0. The number of nitrogens with one attached hydrogen (secondary N) is 1. The largest absolute Gasteiger partial charge is 0.350 e. The topological polar surface area (TPSA) is 42.0 Å². The maximum Gasteiger partial charge on any atom is 0.223 e. The molecule has 0 spiro atoms. The van der Waals surface area contributed by atoms with Crippen LogP contribution in [0.2, 0.25) is 0 Å². The zero-order valence-corrected chi connectivity index (χ0v) is 10.6. The van der Waals surface area contributed by atoms with Gasteiger partial charge in [-0.15, -0.1) is 11.3 Å². The van der Waals surface area contributed by atoms with E-state index in [-0.39, 0.29) is 11.8 Å². The summed E-state index contributed by atoms with van der Waals surface area (Å²) in [6, 6.07) is 0. The molecule has 0 radical (unpaired) electrons. The van der Waals surface area contributed by atoms with Crippen molar-refractivity contribution in [2.24, 2.45) is 5.92 Å². The van der Waals surface area contributed by atoms with E-state index in [2.05, 4.69) is 24.1 Å². The first-order valence-electron chi connectivity index (χ1n) is 5.89. The fraction of sp³-hybridized carbons (Fsp3) is 0.667. The first-order chi connectivity index (χ1) is 7.66. The van der Waals surface area contributed by atoms with Crippen molar-refractivity contribution in [2.45, 2.75) is 45.6 Å². The average molecular weight is 238 g/mol. The third-order valence-electron chi connectivity index (χ3n) is 2.98. The van der Waals surface area contributed by atoms with E-state index in [1.54, 1.807) is 11.3 Å². The van der Waals surface area contributed by atoms with E-state index in [0.717, 1.165) is 23.5 Å². The van der Waals surface area contributed by atoms with Crippen molar-refractivity contribution in [3.05, 3.63) is 16.1 Å². The number of hydrogen-bond donors (Lipinski definition) is 1. The Morgan fingerprint density at radius 3 is 2.88 bits per heavy atom. The van der Waals surface area contributed by atoms with Crippen LogP contribution in [0.1, 0.15) is 49.7 Å².